The molecule has 1 aromatic rings. The zero-order valence-electron chi connectivity index (χ0n) is 11.3. The van der Waals surface area contributed by atoms with Crippen molar-refractivity contribution in [1.29, 1.82) is 0 Å². The lowest BCUT2D eigenvalue weighted by Gasteiger charge is -2.12. The number of non-ortho nitro benzene ring substituents is 1. The maximum atomic E-state index is 11.9. The van der Waals surface area contributed by atoms with Gasteiger partial charge in [0.05, 0.1) is 10.8 Å². The molecule has 0 radical (unpaired) electrons. The molecule has 0 heterocycles. The van der Waals surface area contributed by atoms with Gasteiger partial charge in [-0.1, -0.05) is 6.92 Å². The molecule has 0 fully saturated rings. The third kappa shape index (κ3) is 3.78. The summed E-state index contributed by atoms with van der Waals surface area (Å²) in [6, 6.07) is 3.92. The smallest absolute Gasteiger partial charge is 0.308 e. The Balaban J connectivity index is 2.78. The van der Waals surface area contributed by atoms with Crippen LogP contribution in [0.3, 0.4) is 0 Å². The van der Waals surface area contributed by atoms with Crippen LogP contribution in [0.5, 0.6) is 0 Å². The predicted octanol–water partition coefficient (Wildman–Crippen LogP) is 1.74. The first kappa shape index (κ1) is 15.6. The maximum Gasteiger partial charge on any atom is 0.308 e. The number of rotatable bonds is 6. The maximum absolute atomic E-state index is 11.9. The summed E-state index contributed by atoms with van der Waals surface area (Å²) in [5.41, 5.74) is 0.687. The van der Waals surface area contributed by atoms with Crippen LogP contribution in [0.25, 0.3) is 0 Å². The monoisotopic (exact) mass is 280 g/mol. The van der Waals surface area contributed by atoms with Crippen LogP contribution in [0.4, 0.5) is 5.69 Å². The lowest BCUT2D eigenvalue weighted by molar-refractivity contribution is -0.384. The van der Waals surface area contributed by atoms with Crippen molar-refractivity contribution in [2.45, 2.75) is 20.3 Å². The van der Waals surface area contributed by atoms with Crippen LogP contribution < -0.4 is 5.32 Å². The molecule has 20 heavy (non-hydrogen) atoms. The highest BCUT2D eigenvalue weighted by Crippen LogP contribution is 2.17. The number of aliphatic carboxylic acids is 1. The molecule has 0 aliphatic rings. The van der Waals surface area contributed by atoms with Crippen molar-refractivity contribution in [3.8, 4) is 0 Å². The molecule has 0 aliphatic heterocycles. The van der Waals surface area contributed by atoms with Crippen LogP contribution in [-0.4, -0.2) is 28.5 Å². The molecule has 1 unspecified atom stereocenters. The molecule has 1 rings (SSSR count). The molecule has 0 bridgehead atoms. The summed E-state index contributed by atoms with van der Waals surface area (Å²) in [5, 5.41) is 22.0. The van der Waals surface area contributed by atoms with E-state index >= 15 is 0 Å². The van der Waals surface area contributed by atoms with Gasteiger partial charge in [0.15, 0.2) is 0 Å². The summed E-state index contributed by atoms with van der Waals surface area (Å²) in [7, 11) is 0. The van der Waals surface area contributed by atoms with E-state index in [1.165, 1.54) is 18.2 Å². The number of aryl methyl sites for hydroxylation is 1. The molecule has 7 nitrogen and oxygen atoms in total. The largest absolute Gasteiger partial charge is 0.481 e. The first-order valence-electron chi connectivity index (χ1n) is 6.12. The van der Waals surface area contributed by atoms with Gasteiger partial charge in [0.25, 0.3) is 11.6 Å². The zero-order valence-corrected chi connectivity index (χ0v) is 11.3. The lowest BCUT2D eigenvalue weighted by Crippen LogP contribution is -2.33. The summed E-state index contributed by atoms with van der Waals surface area (Å²) >= 11 is 0. The number of amides is 1. The third-order valence-corrected chi connectivity index (χ3v) is 3.02. The molecule has 0 saturated carbocycles. The minimum Gasteiger partial charge on any atom is -0.481 e. The number of carbonyl (C=O) groups excluding carboxylic acids is 1. The molecule has 7 heteroatoms. The second kappa shape index (κ2) is 6.65. The van der Waals surface area contributed by atoms with Gasteiger partial charge < -0.3 is 10.4 Å². The molecule has 0 aromatic heterocycles. The van der Waals surface area contributed by atoms with Crippen molar-refractivity contribution >= 4 is 17.6 Å². The Kier molecular flexibility index (Phi) is 5.19. The Hall–Kier alpha value is -2.44. The Bertz CT molecular complexity index is 542. The van der Waals surface area contributed by atoms with Crippen LogP contribution >= 0.6 is 0 Å². The van der Waals surface area contributed by atoms with E-state index in [0.29, 0.717) is 17.5 Å². The summed E-state index contributed by atoms with van der Waals surface area (Å²) in [5.74, 6) is -2.04. The van der Waals surface area contributed by atoms with E-state index in [1.807, 2.05) is 0 Å². The number of benzene rings is 1. The highest BCUT2D eigenvalue weighted by Gasteiger charge is 2.18. The average molecular weight is 280 g/mol. The molecule has 1 atom stereocenters. The van der Waals surface area contributed by atoms with Gasteiger partial charge in [0.2, 0.25) is 0 Å². The zero-order chi connectivity index (χ0) is 15.3. The Morgan fingerprint density at radius 2 is 2.10 bits per heavy atom. The van der Waals surface area contributed by atoms with Gasteiger partial charge in [-0.15, -0.1) is 0 Å². The van der Waals surface area contributed by atoms with Crippen molar-refractivity contribution in [3.05, 3.63) is 39.4 Å². The molecule has 1 amide bonds. The fourth-order valence-corrected chi connectivity index (χ4v) is 1.73. The first-order valence-corrected chi connectivity index (χ1v) is 6.12. The van der Waals surface area contributed by atoms with E-state index in [9.17, 15) is 19.7 Å². The summed E-state index contributed by atoms with van der Waals surface area (Å²) in [6.07, 6.45) is 0.412. The first-order chi connectivity index (χ1) is 9.36. The fraction of sp³-hybridized carbons (Fsp3) is 0.385. The Labute approximate surface area is 115 Å². The van der Waals surface area contributed by atoms with Gasteiger partial charge in [0.1, 0.15) is 0 Å². The third-order valence-electron chi connectivity index (χ3n) is 3.02. The minimum atomic E-state index is -0.965. The van der Waals surface area contributed by atoms with Crippen molar-refractivity contribution in [2.75, 3.05) is 6.54 Å². The lowest BCUT2D eigenvalue weighted by atomic mass is 10.1. The second-order valence-electron chi connectivity index (χ2n) is 4.41. The van der Waals surface area contributed by atoms with E-state index in [-0.39, 0.29) is 12.2 Å². The van der Waals surface area contributed by atoms with E-state index in [2.05, 4.69) is 5.32 Å². The fourth-order valence-electron chi connectivity index (χ4n) is 1.73. The van der Waals surface area contributed by atoms with Crippen LogP contribution in [0.15, 0.2) is 18.2 Å². The SMILES string of the molecule is CCC(CNC(=O)c1ccc([N+](=O)[O-])cc1C)C(=O)O. The van der Waals surface area contributed by atoms with Gasteiger partial charge in [-0.25, -0.2) is 0 Å². The second-order valence-corrected chi connectivity index (χ2v) is 4.41. The Morgan fingerprint density at radius 1 is 1.45 bits per heavy atom. The van der Waals surface area contributed by atoms with Gasteiger partial charge >= 0.3 is 5.97 Å². The standard InChI is InChI=1S/C13H16N2O5/c1-3-9(13(17)18)7-14-12(16)11-5-4-10(15(19)20)6-8(11)2/h4-6,9H,3,7H2,1-2H3,(H,14,16)(H,17,18). The van der Waals surface area contributed by atoms with E-state index < -0.39 is 22.7 Å². The minimum absolute atomic E-state index is 0.0289. The van der Waals surface area contributed by atoms with Gasteiger partial charge in [-0.3, -0.25) is 19.7 Å². The number of carboxylic acids is 1. The van der Waals surface area contributed by atoms with Crippen molar-refractivity contribution in [3.63, 3.8) is 0 Å². The number of carbonyl (C=O) groups is 2. The number of nitro groups is 1. The summed E-state index contributed by atoms with van der Waals surface area (Å²) in [4.78, 5) is 32.8. The van der Waals surface area contributed by atoms with Crippen molar-refractivity contribution < 1.29 is 19.6 Å². The number of nitro benzene ring substituents is 1. The van der Waals surface area contributed by atoms with Crippen molar-refractivity contribution in [2.24, 2.45) is 5.92 Å². The van der Waals surface area contributed by atoms with Crippen LogP contribution in [0.2, 0.25) is 0 Å². The predicted molar refractivity (Wildman–Crippen MR) is 71.6 cm³/mol. The van der Waals surface area contributed by atoms with Gasteiger partial charge in [-0.2, -0.15) is 0 Å². The Morgan fingerprint density at radius 3 is 2.55 bits per heavy atom. The highest BCUT2D eigenvalue weighted by molar-refractivity contribution is 5.96. The normalized spacial score (nSPS) is 11.7. The van der Waals surface area contributed by atoms with E-state index in [4.69, 9.17) is 5.11 Å². The molecule has 108 valence electrons. The van der Waals surface area contributed by atoms with Crippen LogP contribution in [-0.2, 0) is 4.79 Å². The van der Waals surface area contributed by atoms with Gasteiger partial charge in [-0.05, 0) is 25.0 Å². The molecule has 1 aromatic carbocycles. The summed E-state index contributed by atoms with van der Waals surface area (Å²) in [6.45, 7) is 3.35. The molecular formula is C13H16N2O5. The molecule has 2 N–H and O–H groups in total. The number of hydrogen-bond acceptors (Lipinski definition) is 4. The molecule has 0 spiro atoms. The summed E-state index contributed by atoms with van der Waals surface area (Å²) < 4.78 is 0. The highest BCUT2D eigenvalue weighted by atomic mass is 16.6. The van der Waals surface area contributed by atoms with E-state index in [1.54, 1.807) is 13.8 Å². The number of hydrogen-bond donors (Lipinski definition) is 2. The molecular weight excluding hydrogens is 264 g/mol. The number of nitrogens with one attached hydrogen (secondary N) is 1. The molecule has 0 saturated heterocycles. The van der Waals surface area contributed by atoms with Gasteiger partial charge in [0, 0.05) is 24.2 Å². The quantitative estimate of drug-likeness (QED) is 0.609. The number of carboxylic acid groups (broad SMARTS) is 1. The van der Waals surface area contributed by atoms with Crippen LogP contribution in [0, 0.1) is 23.0 Å². The number of nitrogens with zero attached hydrogens (tertiary/aromatic N) is 1. The topological polar surface area (TPSA) is 110 Å². The van der Waals surface area contributed by atoms with Crippen LogP contribution in [0.1, 0.15) is 29.3 Å². The van der Waals surface area contributed by atoms with E-state index in [0.717, 1.165) is 0 Å². The van der Waals surface area contributed by atoms with Crippen molar-refractivity contribution in [1.82, 2.24) is 5.32 Å². The molecule has 0 aliphatic carbocycles. The average Bonchev–Trinajstić information content (AvgIpc) is 2.38.